The molecule has 1 saturated heterocycles. The highest BCUT2D eigenvalue weighted by Gasteiger charge is 2.34. The molecule has 5 nitrogen and oxygen atoms in total. The van der Waals surface area contributed by atoms with E-state index in [9.17, 15) is 9.59 Å². The van der Waals surface area contributed by atoms with Crippen molar-refractivity contribution in [3.63, 3.8) is 0 Å². The number of rotatable bonds is 6. The molecule has 0 aliphatic carbocycles. The van der Waals surface area contributed by atoms with Crippen LogP contribution in [0.3, 0.4) is 0 Å². The Labute approximate surface area is 162 Å². The van der Waals surface area contributed by atoms with Crippen LogP contribution in [-0.2, 0) is 22.6 Å². The first-order valence-corrected chi connectivity index (χ1v) is 9.18. The minimum Gasteiger partial charge on any atom is -0.355 e. The number of likely N-dealkylation sites (tertiary alicyclic amines) is 1. The number of amides is 2. The number of halogens is 2. The molecule has 0 radical (unpaired) electrons. The first kappa shape index (κ1) is 18.7. The van der Waals surface area contributed by atoms with Crippen LogP contribution in [0.25, 0.3) is 0 Å². The maximum absolute atomic E-state index is 12.4. The predicted octanol–water partition coefficient (Wildman–Crippen LogP) is 3.10. The molecule has 0 unspecified atom stereocenters. The number of aromatic nitrogens is 1. The van der Waals surface area contributed by atoms with Crippen molar-refractivity contribution in [1.29, 1.82) is 0 Å². The molecular weight excluding hydrogens is 373 g/mol. The van der Waals surface area contributed by atoms with Crippen LogP contribution in [0.5, 0.6) is 0 Å². The average Bonchev–Trinajstić information content (AvgIpc) is 2.98. The number of carbonyl (C=O) groups excluding carboxylic acids is 2. The van der Waals surface area contributed by atoms with Gasteiger partial charge in [-0.2, -0.15) is 0 Å². The molecule has 1 aromatic carbocycles. The van der Waals surface area contributed by atoms with Crippen LogP contribution < -0.4 is 5.32 Å². The van der Waals surface area contributed by atoms with Crippen molar-refractivity contribution < 1.29 is 9.59 Å². The van der Waals surface area contributed by atoms with E-state index < -0.39 is 0 Å². The minimum atomic E-state index is -0.327. The maximum atomic E-state index is 12.4. The van der Waals surface area contributed by atoms with E-state index in [-0.39, 0.29) is 24.2 Å². The lowest BCUT2D eigenvalue weighted by molar-refractivity contribution is -0.129. The van der Waals surface area contributed by atoms with Crippen LogP contribution in [0, 0.1) is 5.92 Å². The summed E-state index contributed by atoms with van der Waals surface area (Å²) in [6, 6.07) is 10.9. The van der Waals surface area contributed by atoms with Gasteiger partial charge >= 0.3 is 0 Å². The Balaban J connectivity index is 1.48. The number of pyridine rings is 1. The van der Waals surface area contributed by atoms with E-state index in [0.29, 0.717) is 36.1 Å². The average molecular weight is 392 g/mol. The Morgan fingerprint density at radius 1 is 1.27 bits per heavy atom. The molecule has 1 fully saturated rings. The van der Waals surface area contributed by atoms with Gasteiger partial charge in [-0.05, 0) is 36.2 Å². The monoisotopic (exact) mass is 391 g/mol. The van der Waals surface area contributed by atoms with Crippen molar-refractivity contribution in [2.24, 2.45) is 5.92 Å². The molecule has 0 saturated carbocycles. The molecule has 1 atom stereocenters. The number of hydrogen-bond acceptors (Lipinski definition) is 3. The van der Waals surface area contributed by atoms with E-state index >= 15 is 0 Å². The van der Waals surface area contributed by atoms with Crippen LogP contribution in [0.1, 0.15) is 17.7 Å². The largest absolute Gasteiger partial charge is 0.355 e. The topological polar surface area (TPSA) is 62.3 Å². The van der Waals surface area contributed by atoms with E-state index in [1.165, 1.54) is 0 Å². The highest BCUT2D eigenvalue weighted by atomic mass is 35.5. The van der Waals surface area contributed by atoms with E-state index in [1.807, 2.05) is 24.3 Å². The molecule has 136 valence electrons. The van der Waals surface area contributed by atoms with E-state index in [1.54, 1.807) is 23.2 Å². The smallest absolute Gasteiger partial charge is 0.225 e. The molecular formula is C19H19Cl2N3O2. The summed E-state index contributed by atoms with van der Waals surface area (Å²) in [5, 5.41) is 4.07. The molecule has 2 aromatic rings. The zero-order chi connectivity index (χ0) is 18.5. The van der Waals surface area contributed by atoms with Gasteiger partial charge in [0.1, 0.15) is 0 Å². The fourth-order valence-corrected chi connectivity index (χ4v) is 3.48. The van der Waals surface area contributed by atoms with Gasteiger partial charge in [-0.25, -0.2) is 0 Å². The number of nitrogens with zero attached hydrogens (tertiary/aromatic N) is 2. The maximum Gasteiger partial charge on any atom is 0.225 e. The lowest BCUT2D eigenvalue weighted by Gasteiger charge is -2.16. The minimum absolute atomic E-state index is 0.0171. The molecule has 0 spiro atoms. The molecule has 2 heterocycles. The predicted molar refractivity (Wildman–Crippen MR) is 101 cm³/mol. The SMILES string of the molecule is O=C(NCCc1ccc(Cl)cc1Cl)[C@H]1CC(=O)N(Cc2ccccn2)C1. The zero-order valence-corrected chi connectivity index (χ0v) is 15.6. The molecule has 1 aliphatic heterocycles. The Bertz CT molecular complexity index is 799. The summed E-state index contributed by atoms with van der Waals surface area (Å²) >= 11 is 12.0. The summed E-state index contributed by atoms with van der Waals surface area (Å²) in [5.74, 6) is -0.449. The molecule has 1 N–H and O–H groups in total. The van der Waals surface area contributed by atoms with Crippen molar-refractivity contribution in [2.45, 2.75) is 19.4 Å². The fourth-order valence-electron chi connectivity index (χ4n) is 2.98. The van der Waals surface area contributed by atoms with E-state index in [4.69, 9.17) is 23.2 Å². The van der Waals surface area contributed by atoms with Crippen LogP contribution in [0.2, 0.25) is 10.0 Å². The number of nitrogens with one attached hydrogen (secondary N) is 1. The molecule has 26 heavy (non-hydrogen) atoms. The van der Waals surface area contributed by atoms with Gasteiger partial charge in [0.25, 0.3) is 0 Å². The first-order chi connectivity index (χ1) is 12.5. The third-order valence-electron chi connectivity index (χ3n) is 4.37. The quantitative estimate of drug-likeness (QED) is 0.822. The van der Waals surface area contributed by atoms with Gasteiger partial charge < -0.3 is 10.2 Å². The van der Waals surface area contributed by atoms with E-state index in [2.05, 4.69) is 10.3 Å². The first-order valence-electron chi connectivity index (χ1n) is 8.42. The molecule has 2 amide bonds. The van der Waals surface area contributed by atoms with Crippen LogP contribution in [-0.4, -0.2) is 34.8 Å². The van der Waals surface area contributed by atoms with Crippen LogP contribution in [0.4, 0.5) is 0 Å². The third kappa shape index (κ3) is 4.74. The van der Waals surface area contributed by atoms with Crippen LogP contribution in [0.15, 0.2) is 42.6 Å². The lowest BCUT2D eigenvalue weighted by Crippen LogP contribution is -2.34. The van der Waals surface area contributed by atoms with Gasteiger partial charge in [-0.1, -0.05) is 35.3 Å². The summed E-state index contributed by atoms with van der Waals surface area (Å²) in [5.41, 5.74) is 1.75. The van der Waals surface area contributed by atoms with Crippen molar-refractivity contribution in [2.75, 3.05) is 13.1 Å². The number of carbonyl (C=O) groups is 2. The Morgan fingerprint density at radius 2 is 2.12 bits per heavy atom. The Hall–Kier alpha value is -2.11. The lowest BCUT2D eigenvalue weighted by atomic mass is 10.1. The van der Waals surface area contributed by atoms with E-state index in [0.717, 1.165) is 11.3 Å². The molecule has 1 aromatic heterocycles. The van der Waals surface area contributed by atoms with Crippen molar-refractivity contribution >= 4 is 35.0 Å². The normalized spacial score (nSPS) is 16.8. The molecule has 0 bridgehead atoms. The van der Waals surface area contributed by atoms with Crippen molar-refractivity contribution in [3.05, 3.63) is 63.9 Å². The van der Waals surface area contributed by atoms with Gasteiger partial charge in [-0.15, -0.1) is 0 Å². The summed E-state index contributed by atoms with van der Waals surface area (Å²) < 4.78 is 0. The summed E-state index contributed by atoms with van der Waals surface area (Å²) in [7, 11) is 0. The second-order valence-electron chi connectivity index (χ2n) is 6.27. The number of benzene rings is 1. The Kier molecular flexibility index (Phi) is 6.12. The van der Waals surface area contributed by atoms with Gasteiger partial charge in [0.05, 0.1) is 18.2 Å². The summed E-state index contributed by atoms with van der Waals surface area (Å²) in [6.07, 6.45) is 2.54. The van der Waals surface area contributed by atoms with Gasteiger partial charge in [-0.3, -0.25) is 14.6 Å². The van der Waals surface area contributed by atoms with Gasteiger partial charge in [0.15, 0.2) is 0 Å². The molecule has 1 aliphatic rings. The van der Waals surface area contributed by atoms with Crippen LogP contribution >= 0.6 is 23.2 Å². The van der Waals surface area contributed by atoms with Gasteiger partial charge in [0, 0.05) is 35.8 Å². The Morgan fingerprint density at radius 3 is 2.85 bits per heavy atom. The van der Waals surface area contributed by atoms with Crippen molar-refractivity contribution in [1.82, 2.24) is 15.2 Å². The fraction of sp³-hybridized carbons (Fsp3) is 0.316. The molecule has 3 rings (SSSR count). The standard InChI is InChI=1S/C19H19Cl2N3O2/c20-15-5-4-13(17(21)10-15)6-8-23-19(26)14-9-18(25)24(11-14)12-16-3-1-2-7-22-16/h1-5,7,10,14H,6,8-9,11-12H2,(H,23,26)/t14-/m0/s1. The summed E-state index contributed by atoms with van der Waals surface area (Å²) in [4.78, 5) is 30.4. The summed E-state index contributed by atoms with van der Waals surface area (Å²) in [6.45, 7) is 1.32. The molecule has 7 heteroatoms. The second-order valence-corrected chi connectivity index (χ2v) is 7.12. The second kappa shape index (κ2) is 8.52. The third-order valence-corrected chi connectivity index (χ3v) is 4.96. The van der Waals surface area contributed by atoms with Gasteiger partial charge in [0.2, 0.25) is 11.8 Å². The van der Waals surface area contributed by atoms with Crippen molar-refractivity contribution in [3.8, 4) is 0 Å². The zero-order valence-electron chi connectivity index (χ0n) is 14.1. The highest BCUT2D eigenvalue weighted by molar-refractivity contribution is 6.35. The number of hydrogen-bond donors (Lipinski definition) is 1. The highest BCUT2D eigenvalue weighted by Crippen LogP contribution is 2.22.